The summed E-state index contributed by atoms with van der Waals surface area (Å²) in [5.41, 5.74) is 0.921. The van der Waals surface area contributed by atoms with Crippen molar-refractivity contribution in [2.45, 2.75) is 13.8 Å². The highest BCUT2D eigenvalue weighted by Crippen LogP contribution is 2.26. The van der Waals surface area contributed by atoms with E-state index in [0.29, 0.717) is 23.6 Å². The van der Waals surface area contributed by atoms with E-state index in [0.717, 1.165) is 6.20 Å². The average Bonchev–Trinajstić information content (AvgIpc) is 2.36. The van der Waals surface area contributed by atoms with Crippen molar-refractivity contribution in [2.24, 2.45) is 0 Å². The fourth-order valence-corrected chi connectivity index (χ4v) is 1.66. The van der Waals surface area contributed by atoms with E-state index in [1.807, 2.05) is 6.92 Å². The van der Waals surface area contributed by atoms with Crippen LogP contribution in [0.3, 0.4) is 0 Å². The Kier molecular flexibility index (Phi) is 3.50. The maximum absolute atomic E-state index is 13.7. The van der Waals surface area contributed by atoms with Crippen molar-refractivity contribution in [3.8, 4) is 11.3 Å². The van der Waals surface area contributed by atoms with Gasteiger partial charge in [-0.3, -0.25) is 0 Å². The fourth-order valence-electron chi connectivity index (χ4n) is 1.66. The Labute approximate surface area is 104 Å². The van der Waals surface area contributed by atoms with Gasteiger partial charge >= 0.3 is 0 Å². The zero-order valence-corrected chi connectivity index (χ0v) is 10.2. The van der Waals surface area contributed by atoms with E-state index in [4.69, 9.17) is 0 Å². The molecule has 0 bridgehead atoms. The third-order valence-corrected chi connectivity index (χ3v) is 2.60. The summed E-state index contributed by atoms with van der Waals surface area (Å²) in [7, 11) is 0. The zero-order chi connectivity index (χ0) is 13.1. The first-order valence-corrected chi connectivity index (χ1v) is 5.65. The summed E-state index contributed by atoms with van der Waals surface area (Å²) < 4.78 is 27.2. The van der Waals surface area contributed by atoms with Crippen molar-refractivity contribution in [2.75, 3.05) is 11.9 Å². The molecule has 0 amide bonds. The SMILES string of the molecule is CCNc1ncc(F)c(-c2cccc(F)c2C)n1. The molecule has 0 aliphatic carbocycles. The molecule has 5 heteroatoms. The van der Waals surface area contributed by atoms with Gasteiger partial charge in [0.2, 0.25) is 5.95 Å². The van der Waals surface area contributed by atoms with Gasteiger partial charge in [-0.15, -0.1) is 0 Å². The number of hydrogen-bond donors (Lipinski definition) is 1. The van der Waals surface area contributed by atoms with Crippen molar-refractivity contribution < 1.29 is 8.78 Å². The molecule has 0 aliphatic heterocycles. The normalized spacial score (nSPS) is 10.4. The number of nitrogens with one attached hydrogen (secondary N) is 1. The molecular weight excluding hydrogens is 236 g/mol. The highest BCUT2D eigenvalue weighted by molar-refractivity contribution is 5.64. The lowest BCUT2D eigenvalue weighted by Gasteiger charge is -2.09. The summed E-state index contributed by atoms with van der Waals surface area (Å²) >= 11 is 0. The van der Waals surface area contributed by atoms with Gasteiger partial charge in [-0.05, 0) is 25.5 Å². The maximum Gasteiger partial charge on any atom is 0.223 e. The smallest absolute Gasteiger partial charge is 0.223 e. The third kappa shape index (κ3) is 2.30. The molecule has 94 valence electrons. The number of hydrogen-bond acceptors (Lipinski definition) is 3. The molecule has 0 spiro atoms. The van der Waals surface area contributed by atoms with Crippen molar-refractivity contribution in [1.82, 2.24) is 9.97 Å². The highest BCUT2D eigenvalue weighted by Gasteiger charge is 2.13. The summed E-state index contributed by atoms with van der Waals surface area (Å²) in [4.78, 5) is 7.89. The predicted molar refractivity (Wildman–Crippen MR) is 66.3 cm³/mol. The molecule has 0 radical (unpaired) electrons. The van der Waals surface area contributed by atoms with E-state index in [1.165, 1.54) is 12.1 Å². The van der Waals surface area contributed by atoms with Crippen molar-refractivity contribution in [3.05, 3.63) is 41.6 Å². The van der Waals surface area contributed by atoms with E-state index in [1.54, 1.807) is 13.0 Å². The largest absolute Gasteiger partial charge is 0.354 e. The number of rotatable bonds is 3. The molecule has 0 unspecified atom stereocenters. The predicted octanol–water partition coefficient (Wildman–Crippen LogP) is 3.16. The Hall–Kier alpha value is -2.04. The number of benzene rings is 1. The topological polar surface area (TPSA) is 37.8 Å². The Morgan fingerprint density at radius 1 is 1.22 bits per heavy atom. The molecule has 0 saturated heterocycles. The molecule has 18 heavy (non-hydrogen) atoms. The molecule has 3 nitrogen and oxygen atoms in total. The van der Waals surface area contributed by atoms with E-state index in [9.17, 15) is 8.78 Å². The van der Waals surface area contributed by atoms with Gasteiger partial charge in [-0.25, -0.2) is 18.7 Å². The molecular formula is C13H13F2N3. The summed E-state index contributed by atoms with van der Waals surface area (Å²) in [6.07, 6.45) is 1.09. The number of nitrogens with zero attached hydrogens (tertiary/aromatic N) is 2. The first kappa shape index (κ1) is 12.4. The van der Waals surface area contributed by atoms with Crippen molar-refractivity contribution in [1.29, 1.82) is 0 Å². The van der Waals surface area contributed by atoms with E-state index in [2.05, 4.69) is 15.3 Å². The summed E-state index contributed by atoms with van der Waals surface area (Å²) in [6.45, 7) is 4.12. The minimum Gasteiger partial charge on any atom is -0.354 e. The zero-order valence-electron chi connectivity index (χ0n) is 10.2. The van der Waals surface area contributed by atoms with Crippen molar-refractivity contribution in [3.63, 3.8) is 0 Å². The van der Waals surface area contributed by atoms with Gasteiger partial charge < -0.3 is 5.32 Å². The molecule has 1 N–H and O–H groups in total. The van der Waals surface area contributed by atoms with Crippen LogP contribution in [0.1, 0.15) is 12.5 Å². The highest BCUT2D eigenvalue weighted by atomic mass is 19.1. The van der Waals surface area contributed by atoms with Crippen LogP contribution in [0.2, 0.25) is 0 Å². The molecule has 0 atom stereocenters. The van der Waals surface area contributed by atoms with E-state index < -0.39 is 5.82 Å². The Morgan fingerprint density at radius 2 is 2.00 bits per heavy atom. The Balaban J connectivity index is 2.55. The lowest BCUT2D eigenvalue weighted by Crippen LogP contribution is -2.04. The van der Waals surface area contributed by atoms with Crippen LogP contribution >= 0.6 is 0 Å². The monoisotopic (exact) mass is 249 g/mol. The number of anilines is 1. The first-order valence-electron chi connectivity index (χ1n) is 5.65. The summed E-state index contributed by atoms with van der Waals surface area (Å²) in [6, 6.07) is 4.51. The van der Waals surface area contributed by atoms with Crippen LogP contribution in [-0.2, 0) is 0 Å². The van der Waals surface area contributed by atoms with Crippen LogP contribution in [0.25, 0.3) is 11.3 Å². The van der Waals surface area contributed by atoms with Gasteiger partial charge in [0.05, 0.1) is 6.20 Å². The van der Waals surface area contributed by atoms with E-state index >= 15 is 0 Å². The summed E-state index contributed by atoms with van der Waals surface area (Å²) in [5, 5.41) is 2.90. The second-order valence-electron chi connectivity index (χ2n) is 3.83. The maximum atomic E-state index is 13.7. The van der Waals surface area contributed by atoms with Crippen LogP contribution in [0, 0.1) is 18.6 Å². The second-order valence-corrected chi connectivity index (χ2v) is 3.83. The lowest BCUT2D eigenvalue weighted by molar-refractivity contribution is 0.612. The molecule has 0 saturated carbocycles. The first-order chi connectivity index (χ1) is 8.63. The summed E-state index contributed by atoms with van der Waals surface area (Å²) in [5.74, 6) is -0.613. The minimum absolute atomic E-state index is 0.109. The molecule has 2 aromatic rings. The van der Waals surface area contributed by atoms with Gasteiger partial charge in [0.25, 0.3) is 0 Å². The standard InChI is InChI=1S/C13H13F2N3/c1-3-16-13-17-7-11(15)12(18-13)9-5-4-6-10(14)8(9)2/h4-7H,3H2,1-2H3,(H,16,17,18). The molecule has 2 rings (SSSR count). The van der Waals surface area contributed by atoms with Crippen molar-refractivity contribution >= 4 is 5.95 Å². The Bertz CT molecular complexity index is 570. The average molecular weight is 249 g/mol. The van der Waals surface area contributed by atoms with Crippen LogP contribution < -0.4 is 5.32 Å². The molecule has 1 aromatic carbocycles. The number of halogens is 2. The molecule has 1 aromatic heterocycles. The molecule has 0 fully saturated rings. The quantitative estimate of drug-likeness (QED) is 0.908. The Morgan fingerprint density at radius 3 is 2.72 bits per heavy atom. The van der Waals surface area contributed by atoms with Crippen LogP contribution in [-0.4, -0.2) is 16.5 Å². The fraction of sp³-hybridized carbons (Fsp3) is 0.231. The van der Waals surface area contributed by atoms with Gasteiger partial charge in [0, 0.05) is 12.1 Å². The minimum atomic E-state index is -0.564. The second kappa shape index (κ2) is 5.08. The van der Waals surface area contributed by atoms with Crippen LogP contribution in [0.15, 0.2) is 24.4 Å². The third-order valence-electron chi connectivity index (χ3n) is 2.60. The van der Waals surface area contributed by atoms with Gasteiger partial charge in [0.1, 0.15) is 11.5 Å². The van der Waals surface area contributed by atoms with E-state index in [-0.39, 0.29) is 11.5 Å². The van der Waals surface area contributed by atoms with Gasteiger partial charge in [-0.2, -0.15) is 0 Å². The number of aromatic nitrogens is 2. The van der Waals surface area contributed by atoms with Crippen LogP contribution in [0.5, 0.6) is 0 Å². The molecule has 0 aliphatic rings. The van der Waals surface area contributed by atoms with Gasteiger partial charge in [0.15, 0.2) is 5.82 Å². The van der Waals surface area contributed by atoms with Crippen LogP contribution in [0.4, 0.5) is 14.7 Å². The lowest BCUT2D eigenvalue weighted by atomic mass is 10.0. The van der Waals surface area contributed by atoms with Gasteiger partial charge in [-0.1, -0.05) is 12.1 Å². The molecule has 1 heterocycles.